The summed E-state index contributed by atoms with van der Waals surface area (Å²) in [6, 6.07) is 21.6. The summed E-state index contributed by atoms with van der Waals surface area (Å²) in [4.78, 5) is 16.4. The number of Topliss-reactive ketones (excluding diaryl/α,β-unsaturated/α-hetero) is 1. The molecule has 0 N–H and O–H groups in total. The van der Waals surface area contributed by atoms with E-state index in [-0.39, 0.29) is 5.78 Å². The maximum Gasteiger partial charge on any atom is 0.160 e. The fraction of sp³-hybridized carbons (Fsp3) is 0.0476. The second-order valence-electron chi connectivity index (χ2n) is 5.28. The van der Waals surface area contributed by atoms with Crippen molar-refractivity contribution in [2.24, 2.45) is 0 Å². The van der Waals surface area contributed by atoms with Gasteiger partial charge < -0.3 is 0 Å². The molecule has 2 aromatic carbocycles. The van der Waals surface area contributed by atoms with E-state index >= 15 is 0 Å². The van der Waals surface area contributed by atoms with Crippen LogP contribution in [0.4, 0.5) is 0 Å². The minimum Gasteiger partial charge on any atom is -0.294 e. The predicted molar refractivity (Wildman–Crippen MR) is 95.0 cm³/mol. The van der Waals surface area contributed by atoms with Crippen LogP contribution in [0.15, 0.2) is 72.9 Å². The maximum atomic E-state index is 12.0. The van der Waals surface area contributed by atoms with E-state index in [4.69, 9.17) is 0 Å². The van der Waals surface area contributed by atoms with Crippen molar-refractivity contribution in [3.63, 3.8) is 0 Å². The molecule has 3 rings (SSSR count). The van der Waals surface area contributed by atoms with E-state index in [1.54, 1.807) is 13.1 Å². The third kappa shape index (κ3) is 3.43. The van der Waals surface area contributed by atoms with Crippen LogP contribution in [0.2, 0.25) is 0 Å². The molecule has 0 spiro atoms. The molecule has 23 heavy (non-hydrogen) atoms. The summed E-state index contributed by atoms with van der Waals surface area (Å²) < 4.78 is 0. The quantitative estimate of drug-likeness (QED) is 0.494. The molecule has 0 unspecified atom stereocenters. The van der Waals surface area contributed by atoms with Gasteiger partial charge in [0.05, 0.1) is 5.69 Å². The smallest absolute Gasteiger partial charge is 0.160 e. The lowest BCUT2D eigenvalue weighted by atomic mass is 9.95. The first-order valence-electron chi connectivity index (χ1n) is 7.54. The Hall–Kier alpha value is -3.00. The Kier molecular flexibility index (Phi) is 4.44. The van der Waals surface area contributed by atoms with Crippen molar-refractivity contribution in [1.82, 2.24) is 4.98 Å². The van der Waals surface area contributed by atoms with Crippen LogP contribution in [0.5, 0.6) is 0 Å². The average molecular weight is 299 g/mol. The van der Waals surface area contributed by atoms with E-state index in [0.29, 0.717) is 5.56 Å². The van der Waals surface area contributed by atoms with Crippen LogP contribution in [0.3, 0.4) is 0 Å². The number of carbonyl (C=O) groups is 1. The summed E-state index contributed by atoms with van der Waals surface area (Å²) in [6.07, 6.45) is 5.83. The van der Waals surface area contributed by atoms with Gasteiger partial charge in [-0.25, -0.2) is 0 Å². The van der Waals surface area contributed by atoms with Gasteiger partial charge in [0.25, 0.3) is 0 Å². The summed E-state index contributed by atoms with van der Waals surface area (Å²) in [5, 5.41) is 0. The fourth-order valence-electron chi connectivity index (χ4n) is 2.55. The number of carbonyl (C=O) groups excluding carboxylic acids is 1. The summed E-state index contributed by atoms with van der Waals surface area (Å²) >= 11 is 0. The first kappa shape index (κ1) is 14.9. The summed E-state index contributed by atoms with van der Waals surface area (Å²) in [5.74, 6) is 0.0422. The molecule has 1 heterocycles. The van der Waals surface area contributed by atoms with Crippen molar-refractivity contribution in [3.05, 3.63) is 89.6 Å². The molecule has 0 bridgehead atoms. The van der Waals surface area contributed by atoms with Crippen LogP contribution < -0.4 is 0 Å². The predicted octanol–water partition coefficient (Wildman–Crippen LogP) is 5.12. The Balaban J connectivity index is 2.12. The monoisotopic (exact) mass is 299 g/mol. The second kappa shape index (κ2) is 6.84. The van der Waals surface area contributed by atoms with E-state index in [9.17, 15) is 4.79 Å². The number of rotatable bonds is 4. The van der Waals surface area contributed by atoms with Gasteiger partial charge in [-0.15, -0.1) is 0 Å². The molecule has 0 saturated heterocycles. The summed E-state index contributed by atoms with van der Waals surface area (Å²) in [7, 11) is 0. The van der Waals surface area contributed by atoms with Gasteiger partial charge in [-0.05, 0) is 30.2 Å². The minimum atomic E-state index is 0.0422. The Morgan fingerprint density at radius 3 is 2.35 bits per heavy atom. The Labute approximate surface area is 136 Å². The highest BCUT2D eigenvalue weighted by molar-refractivity contribution is 6.02. The molecule has 0 aliphatic carbocycles. The lowest BCUT2D eigenvalue weighted by Gasteiger charge is -2.10. The maximum absolute atomic E-state index is 12.0. The van der Waals surface area contributed by atoms with Gasteiger partial charge in [0.15, 0.2) is 5.78 Å². The summed E-state index contributed by atoms with van der Waals surface area (Å²) in [6.45, 7) is 1.59. The van der Waals surface area contributed by atoms with E-state index < -0.39 is 0 Å². The number of hydrogen-bond acceptors (Lipinski definition) is 2. The lowest BCUT2D eigenvalue weighted by Crippen LogP contribution is -1.99. The van der Waals surface area contributed by atoms with Gasteiger partial charge in [0.1, 0.15) is 0 Å². The molecule has 1 aromatic heterocycles. The second-order valence-corrected chi connectivity index (χ2v) is 5.28. The van der Waals surface area contributed by atoms with Crippen molar-refractivity contribution in [2.45, 2.75) is 6.92 Å². The van der Waals surface area contributed by atoms with Gasteiger partial charge in [-0.1, -0.05) is 66.7 Å². The normalized spacial score (nSPS) is 10.8. The number of aromatic nitrogens is 1. The highest BCUT2D eigenvalue weighted by atomic mass is 16.1. The zero-order valence-electron chi connectivity index (χ0n) is 12.9. The number of ketones is 1. The molecule has 3 aromatic rings. The number of nitrogens with zero attached hydrogens (tertiary/aromatic N) is 1. The standard InChI is InChI=1S/C21H17NO/c1-16(23)19-11-7-10-18(14-13-17-8-3-2-4-9-17)21(19)20-12-5-6-15-22-20/h2-15H,1H3/b14-13+. The minimum absolute atomic E-state index is 0.0422. The van der Waals surface area contributed by atoms with Crippen LogP contribution in [0, 0.1) is 0 Å². The van der Waals surface area contributed by atoms with E-state index in [1.165, 1.54) is 0 Å². The van der Waals surface area contributed by atoms with Crippen LogP contribution in [0.1, 0.15) is 28.4 Å². The zero-order valence-corrected chi connectivity index (χ0v) is 12.9. The van der Waals surface area contributed by atoms with Crippen molar-refractivity contribution >= 4 is 17.9 Å². The first-order valence-corrected chi connectivity index (χ1v) is 7.54. The number of benzene rings is 2. The summed E-state index contributed by atoms with van der Waals surface area (Å²) in [5.41, 5.74) is 4.49. The Bertz CT molecular complexity index is 836. The molecule has 2 nitrogen and oxygen atoms in total. The molecule has 0 aliphatic rings. The third-order valence-electron chi connectivity index (χ3n) is 3.65. The molecular weight excluding hydrogens is 282 g/mol. The largest absolute Gasteiger partial charge is 0.294 e. The lowest BCUT2D eigenvalue weighted by molar-refractivity contribution is 0.101. The molecular formula is C21H17NO. The zero-order chi connectivity index (χ0) is 16.1. The van der Waals surface area contributed by atoms with E-state index in [0.717, 1.165) is 22.4 Å². The molecule has 0 amide bonds. The average Bonchev–Trinajstić information content (AvgIpc) is 2.61. The fourth-order valence-corrected chi connectivity index (χ4v) is 2.55. The van der Waals surface area contributed by atoms with Gasteiger partial charge in [0.2, 0.25) is 0 Å². The van der Waals surface area contributed by atoms with Gasteiger partial charge >= 0.3 is 0 Å². The van der Waals surface area contributed by atoms with Crippen LogP contribution in [0.25, 0.3) is 23.4 Å². The Morgan fingerprint density at radius 2 is 1.65 bits per heavy atom. The van der Waals surface area contributed by atoms with E-state index in [2.05, 4.69) is 4.98 Å². The highest BCUT2D eigenvalue weighted by Crippen LogP contribution is 2.28. The first-order chi connectivity index (χ1) is 11.3. The van der Waals surface area contributed by atoms with Crippen molar-refractivity contribution in [3.8, 4) is 11.3 Å². The van der Waals surface area contributed by atoms with Gasteiger partial charge in [0, 0.05) is 17.3 Å². The molecule has 112 valence electrons. The van der Waals surface area contributed by atoms with Crippen LogP contribution in [-0.4, -0.2) is 10.8 Å². The number of pyridine rings is 1. The Morgan fingerprint density at radius 1 is 0.870 bits per heavy atom. The highest BCUT2D eigenvalue weighted by Gasteiger charge is 2.13. The third-order valence-corrected chi connectivity index (χ3v) is 3.65. The molecule has 0 saturated carbocycles. The molecule has 0 aliphatic heterocycles. The van der Waals surface area contributed by atoms with Crippen molar-refractivity contribution in [2.75, 3.05) is 0 Å². The SMILES string of the molecule is CC(=O)c1cccc(/C=C/c2ccccc2)c1-c1ccccn1. The van der Waals surface area contributed by atoms with Crippen LogP contribution >= 0.6 is 0 Å². The molecule has 0 radical (unpaired) electrons. The van der Waals surface area contributed by atoms with Crippen molar-refractivity contribution < 1.29 is 4.79 Å². The van der Waals surface area contributed by atoms with Crippen LogP contribution in [-0.2, 0) is 0 Å². The molecule has 0 atom stereocenters. The van der Waals surface area contributed by atoms with Crippen molar-refractivity contribution in [1.29, 1.82) is 0 Å². The van der Waals surface area contributed by atoms with E-state index in [1.807, 2.05) is 78.9 Å². The van der Waals surface area contributed by atoms with Gasteiger partial charge in [-0.3, -0.25) is 9.78 Å². The number of hydrogen-bond donors (Lipinski definition) is 0. The van der Waals surface area contributed by atoms with Gasteiger partial charge in [-0.2, -0.15) is 0 Å². The molecule has 0 fully saturated rings. The topological polar surface area (TPSA) is 30.0 Å². The molecule has 2 heteroatoms.